The highest BCUT2D eigenvalue weighted by atomic mass is 32.2. The first-order valence-electron chi connectivity index (χ1n) is 12.1. The van der Waals surface area contributed by atoms with Gasteiger partial charge in [-0.3, -0.25) is 14.5 Å². The molecule has 3 heterocycles. The number of aromatic nitrogens is 2. The smallest absolute Gasteiger partial charge is 0.401 e. The molecule has 1 amide bonds. The maximum atomic E-state index is 14.7. The van der Waals surface area contributed by atoms with Crippen LogP contribution in [0.3, 0.4) is 0 Å². The molecule has 1 N–H and O–H groups in total. The molecular weight excluding hydrogens is 500 g/mol. The van der Waals surface area contributed by atoms with Crippen LogP contribution < -0.4 is 10.3 Å². The van der Waals surface area contributed by atoms with E-state index in [1.807, 2.05) is 0 Å². The second-order valence-electron chi connectivity index (χ2n) is 9.47. The number of alkyl halides is 3. The summed E-state index contributed by atoms with van der Waals surface area (Å²) in [6.45, 7) is 3.14. The molecule has 198 valence electrons. The van der Waals surface area contributed by atoms with Gasteiger partial charge in [0.1, 0.15) is 22.8 Å². The Kier molecular flexibility index (Phi) is 8.44. The average Bonchev–Trinajstić information content (AvgIpc) is 2.81. The number of ether oxygens (including phenoxy) is 1. The molecule has 2 aromatic rings. The second-order valence-corrected chi connectivity index (χ2v) is 10.8. The van der Waals surface area contributed by atoms with E-state index in [1.54, 1.807) is 17.9 Å². The van der Waals surface area contributed by atoms with Crippen LogP contribution in [0, 0.1) is 11.7 Å². The summed E-state index contributed by atoms with van der Waals surface area (Å²) in [7, 11) is 0. The van der Waals surface area contributed by atoms with Crippen LogP contribution in [0.15, 0.2) is 16.9 Å². The van der Waals surface area contributed by atoms with Crippen molar-refractivity contribution in [3.63, 3.8) is 0 Å². The number of rotatable bonds is 7. The third-order valence-corrected chi connectivity index (χ3v) is 8.10. The van der Waals surface area contributed by atoms with Gasteiger partial charge in [-0.1, -0.05) is 0 Å². The monoisotopic (exact) mass is 530 g/mol. The molecule has 2 aliphatic heterocycles. The second kappa shape index (κ2) is 11.4. The number of amides is 1. The van der Waals surface area contributed by atoms with Gasteiger partial charge in [0.15, 0.2) is 0 Å². The van der Waals surface area contributed by atoms with Crippen molar-refractivity contribution in [3.8, 4) is 5.75 Å². The molecule has 2 aliphatic rings. The summed E-state index contributed by atoms with van der Waals surface area (Å²) in [5.41, 5.74) is -0.369. The molecule has 0 saturated carbocycles. The van der Waals surface area contributed by atoms with Crippen LogP contribution in [0.4, 0.5) is 17.6 Å². The third-order valence-electron chi connectivity index (χ3n) is 6.72. The Labute approximate surface area is 210 Å². The fourth-order valence-corrected chi connectivity index (χ4v) is 5.79. The van der Waals surface area contributed by atoms with Gasteiger partial charge in [-0.05, 0) is 44.7 Å². The molecule has 0 unspecified atom stereocenters. The first-order chi connectivity index (χ1) is 17.1. The number of carbonyl (C=O) groups is 1. The number of hydrogen-bond donors (Lipinski definition) is 1. The first kappa shape index (κ1) is 26.7. The highest BCUT2D eigenvalue weighted by Gasteiger charge is 2.32. The van der Waals surface area contributed by atoms with Crippen molar-refractivity contribution in [1.82, 2.24) is 19.8 Å². The number of H-pyrrole nitrogens is 1. The van der Waals surface area contributed by atoms with E-state index in [0.717, 1.165) is 12.8 Å². The van der Waals surface area contributed by atoms with E-state index in [9.17, 15) is 27.2 Å². The Morgan fingerprint density at radius 2 is 1.86 bits per heavy atom. The van der Waals surface area contributed by atoms with E-state index in [2.05, 4.69) is 9.97 Å². The number of nitrogens with one attached hydrogen (secondary N) is 1. The van der Waals surface area contributed by atoms with Gasteiger partial charge < -0.3 is 14.6 Å². The zero-order valence-electron chi connectivity index (χ0n) is 20.1. The van der Waals surface area contributed by atoms with E-state index in [0.29, 0.717) is 63.0 Å². The van der Waals surface area contributed by atoms with Crippen molar-refractivity contribution in [2.24, 2.45) is 5.92 Å². The number of hydrogen-bond acceptors (Lipinski definition) is 6. The standard InChI is InChI=1S/C24H30F4N4O3S/c1-15(33)32-8-2-16(3-9-32)12-35-17-10-19(25)22-20(11-17)29-21(30-23(22)34)13-36-18-4-6-31(7-5-18)14-24(26,27)28/h10-11,16,18H,2-9,12-14H2,1H3,(H,29,30,34). The largest absolute Gasteiger partial charge is 0.493 e. The molecule has 36 heavy (non-hydrogen) atoms. The number of thioether (sulfide) groups is 1. The van der Waals surface area contributed by atoms with E-state index < -0.39 is 24.1 Å². The van der Waals surface area contributed by atoms with E-state index in [4.69, 9.17) is 4.74 Å². The molecular formula is C24H30F4N4O3S. The molecule has 2 fully saturated rings. The average molecular weight is 531 g/mol. The summed E-state index contributed by atoms with van der Waals surface area (Å²) in [5, 5.41) is 0.0302. The molecule has 7 nitrogen and oxygen atoms in total. The maximum absolute atomic E-state index is 14.7. The number of benzene rings is 1. The third kappa shape index (κ3) is 7.12. The number of likely N-dealkylation sites (tertiary alicyclic amines) is 2. The lowest BCUT2D eigenvalue weighted by Gasteiger charge is -2.31. The molecule has 0 bridgehead atoms. The highest BCUT2D eigenvalue weighted by molar-refractivity contribution is 7.99. The van der Waals surface area contributed by atoms with Crippen molar-refractivity contribution in [2.45, 2.75) is 49.8 Å². The molecule has 2 saturated heterocycles. The summed E-state index contributed by atoms with van der Waals surface area (Å²) < 4.78 is 58.3. The quantitative estimate of drug-likeness (QED) is 0.546. The molecule has 0 spiro atoms. The first-order valence-corrected chi connectivity index (χ1v) is 13.1. The number of aromatic amines is 1. The number of piperidine rings is 2. The van der Waals surface area contributed by atoms with Crippen molar-refractivity contribution >= 4 is 28.6 Å². The van der Waals surface area contributed by atoms with Crippen LogP contribution in [0.5, 0.6) is 5.75 Å². The minimum Gasteiger partial charge on any atom is -0.493 e. The van der Waals surface area contributed by atoms with Crippen molar-refractivity contribution in [2.75, 3.05) is 39.3 Å². The Morgan fingerprint density at radius 1 is 1.17 bits per heavy atom. The maximum Gasteiger partial charge on any atom is 0.401 e. The molecule has 0 atom stereocenters. The van der Waals surface area contributed by atoms with E-state index >= 15 is 0 Å². The van der Waals surface area contributed by atoms with Gasteiger partial charge >= 0.3 is 6.18 Å². The molecule has 0 radical (unpaired) electrons. The van der Waals surface area contributed by atoms with Gasteiger partial charge in [0.25, 0.3) is 5.56 Å². The predicted octanol–water partition coefficient (Wildman–Crippen LogP) is 3.96. The van der Waals surface area contributed by atoms with Crippen molar-refractivity contribution < 1.29 is 27.1 Å². The molecule has 4 rings (SSSR count). The topological polar surface area (TPSA) is 78.5 Å². The van der Waals surface area contributed by atoms with Gasteiger partial charge in [0, 0.05) is 37.4 Å². The fourth-order valence-electron chi connectivity index (χ4n) is 4.71. The lowest BCUT2D eigenvalue weighted by atomic mass is 9.98. The number of fused-ring (bicyclic) bond motifs is 1. The van der Waals surface area contributed by atoms with Crippen molar-refractivity contribution in [3.05, 3.63) is 34.1 Å². The fraction of sp³-hybridized carbons (Fsp3) is 0.625. The van der Waals surface area contributed by atoms with Crippen LogP contribution in [0.1, 0.15) is 38.4 Å². The number of halogens is 4. The summed E-state index contributed by atoms with van der Waals surface area (Å²) in [6, 6.07) is 2.75. The lowest BCUT2D eigenvalue weighted by Crippen LogP contribution is -2.40. The summed E-state index contributed by atoms with van der Waals surface area (Å²) in [6.07, 6.45) is -1.33. The zero-order chi connectivity index (χ0) is 25.9. The molecule has 1 aromatic heterocycles. The summed E-state index contributed by atoms with van der Waals surface area (Å²) >= 11 is 1.53. The van der Waals surface area contributed by atoms with Crippen molar-refractivity contribution in [1.29, 1.82) is 0 Å². The minimum absolute atomic E-state index is 0.0585. The highest BCUT2D eigenvalue weighted by Crippen LogP contribution is 2.28. The summed E-state index contributed by atoms with van der Waals surface area (Å²) in [5.74, 6) is 0.658. The van der Waals surface area contributed by atoms with E-state index in [1.165, 1.54) is 22.7 Å². The summed E-state index contributed by atoms with van der Waals surface area (Å²) in [4.78, 5) is 34.3. The zero-order valence-corrected chi connectivity index (χ0v) is 20.9. The van der Waals surface area contributed by atoms with E-state index in [-0.39, 0.29) is 28.0 Å². The van der Waals surface area contributed by atoms with Crippen LogP contribution in [0.25, 0.3) is 10.9 Å². The Morgan fingerprint density at radius 3 is 2.50 bits per heavy atom. The van der Waals surface area contributed by atoms with Crippen LogP contribution in [-0.4, -0.2) is 76.4 Å². The SMILES string of the molecule is CC(=O)N1CCC(COc2cc(F)c3c(=O)[nH]c(CSC4CCN(CC(F)(F)F)CC4)nc3c2)CC1. The molecule has 12 heteroatoms. The Bertz CT molecular complexity index is 1130. The van der Waals surface area contributed by atoms with Gasteiger partial charge in [0.2, 0.25) is 5.91 Å². The minimum atomic E-state index is -4.20. The molecule has 0 aliphatic carbocycles. The van der Waals surface area contributed by atoms with Gasteiger partial charge in [-0.2, -0.15) is 24.9 Å². The Hall–Kier alpha value is -2.34. The number of carbonyl (C=O) groups excluding carboxylic acids is 1. The number of nitrogens with zero attached hydrogens (tertiary/aromatic N) is 3. The van der Waals surface area contributed by atoms with Gasteiger partial charge in [-0.15, -0.1) is 0 Å². The normalized spacial score (nSPS) is 18.6. The Balaban J connectivity index is 1.35. The van der Waals surface area contributed by atoms with Crippen LogP contribution in [0.2, 0.25) is 0 Å². The van der Waals surface area contributed by atoms with Gasteiger partial charge in [-0.25, -0.2) is 9.37 Å². The van der Waals surface area contributed by atoms with Crippen LogP contribution >= 0.6 is 11.8 Å². The van der Waals surface area contributed by atoms with Gasteiger partial charge in [0.05, 0.1) is 24.4 Å². The van der Waals surface area contributed by atoms with Crippen LogP contribution in [-0.2, 0) is 10.5 Å². The predicted molar refractivity (Wildman–Crippen MR) is 130 cm³/mol. The molecule has 1 aromatic carbocycles. The lowest BCUT2D eigenvalue weighted by molar-refractivity contribution is -0.147.